The molecule has 0 bridgehead atoms. The lowest BCUT2D eigenvalue weighted by Crippen LogP contribution is -2.28. The number of hydrogen-bond donors (Lipinski definition) is 2. The molecule has 0 N–H and O–H groups in total. The Morgan fingerprint density at radius 3 is 1.33 bits per heavy atom. The second kappa shape index (κ2) is 19.2. The number of esters is 2. The van der Waals surface area contributed by atoms with Crippen LogP contribution < -0.4 is 9.47 Å². The first-order chi connectivity index (χ1) is 29.6. The van der Waals surface area contributed by atoms with Crippen molar-refractivity contribution in [2.45, 2.75) is 29.1 Å². The molecule has 0 fully saturated rings. The Morgan fingerprint density at radius 1 is 0.557 bits per heavy atom. The Kier molecular flexibility index (Phi) is 13.4. The predicted octanol–water partition coefficient (Wildman–Crippen LogP) is 11.1. The van der Waals surface area contributed by atoms with E-state index in [0.29, 0.717) is 11.5 Å². The van der Waals surface area contributed by atoms with Crippen molar-refractivity contribution in [3.8, 4) is 22.6 Å². The molecule has 0 saturated carbocycles. The first-order valence-electron chi connectivity index (χ1n) is 19.6. The van der Waals surface area contributed by atoms with E-state index in [2.05, 4.69) is 86.0 Å². The molecule has 7 rings (SSSR count). The Balaban J connectivity index is 1.18. The third kappa shape index (κ3) is 9.26. The molecule has 0 spiro atoms. The normalized spacial score (nSPS) is 12.8. The molecule has 10 heteroatoms. The fraction of sp³-hybridized carbons (Fsp3) is 0.137. The topological polar surface area (TPSA) is 95.8 Å². The second-order valence-corrected chi connectivity index (χ2v) is 15.1. The van der Waals surface area contributed by atoms with Crippen molar-refractivity contribution in [3.63, 3.8) is 0 Å². The first-order valence-corrected chi connectivity index (χ1v) is 20.5. The lowest BCUT2D eigenvalue weighted by Gasteiger charge is -2.34. The summed E-state index contributed by atoms with van der Waals surface area (Å²) in [5.41, 5.74) is 11.1. The Morgan fingerprint density at radius 2 is 0.951 bits per heavy atom. The summed E-state index contributed by atoms with van der Waals surface area (Å²) in [5.74, 6) is 0.356. The average Bonchev–Trinajstić information content (AvgIpc) is 3.59. The predicted molar refractivity (Wildman–Crippen MR) is 248 cm³/mol. The highest BCUT2D eigenvalue weighted by molar-refractivity contribution is 7.80. The van der Waals surface area contributed by atoms with E-state index in [1.54, 1.807) is 0 Å². The number of nitrogens with zero attached hydrogens (tertiary/aromatic N) is 2. The van der Waals surface area contributed by atoms with Crippen LogP contribution in [0.5, 0.6) is 11.5 Å². The van der Waals surface area contributed by atoms with Crippen molar-refractivity contribution in [3.05, 3.63) is 192 Å². The Hall–Kier alpha value is -6.62. The van der Waals surface area contributed by atoms with E-state index in [4.69, 9.17) is 54.2 Å². The lowest BCUT2D eigenvalue weighted by atomic mass is 9.67. The molecule has 6 aromatic rings. The molecule has 6 aromatic carbocycles. The van der Waals surface area contributed by atoms with Crippen molar-refractivity contribution >= 4 is 60.0 Å². The molecule has 0 radical (unpaired) electrons. The number of hydrogen-bond acceptors (Lipinski definition) is 10. The summed E-state index contributed by atoms with van der Waals surface area (Å²) in [5, 5.41) is 0. The molecule has 0 unspecified atom stereocenters. The van der Waals surface area contributed by atoms with Crippen LogP contribution in [0.4, 0.5) is 11.4 Å². The van der Waals surface area contributed by atoms with E-state index in [0.717, 1.165) is 67.0 Å². The van der Waals surface area contributed by atoms with Crippen LogP contribution in [-0.4, -0.2) is 49.8 Å². The number of ether oxygens (including phenoxy) is 4. The van der Waals surface area contributed by atoms with Crippen LogP contribution >= 0.6 is 25.3 Å². The van der Waals surface area contributed by atoms with Crippen LogP contribution in [0.2, 0.25) is 0 Å². The van der Waals surface area contributed by atoms with Gasteiger partial charge in [-0.3, -0.25) is 9.98 Å². The van der Waals surface area contributed by atoms with Crippen molar-refractivity contribution in [2.24, 2.45) is 9.98 Å². The third-order valence-electron chi connectivity index (χ3n) is 10.4. The molecule has 61 heavy (non-hydrogen) atoms. The SMILES string of the molecule is C=CC(=O)OCCOc1ccc(C(C)=Nc2ccc(C3(c4ccc(N=C(C)c5ccc(OCCOC(=O)C=C)cc5)c(S)c4)c4ccccc4-c4ccccc43)cc2S)cc1. The molecular formula is C51H44N2O6S2. The highest BCUT2D eigenvalue weighted by Crippen LogP contribution is 2.57. The number of benzene rings is 6. The zero-order valence-corrected chi connectivity index (χ0v) is 35.6. The van der Waals surface area contributed by atoms with Gasteiger partial charge in [0.2, 0.25) is 0 Å². The standard InChI is InChI=1S/C51H44N2O6S2/c1-5-49(54)58-29-27-56-39-21-15-35(16-22-39)33(3)52-45-25-19-37(31-47(45)60)51(43-13-9-7-11-41(43)42-12-8-10-14-44(42)51)38-20-26-46(48(61)32-38)53-34(4)36-17-23-40(24-18-36)57-28-30-59-50(55)6-2/h5-26,31-32,60-61H,1-2,27-30H2,3-4H3. The van der Waals surface area contributed by atoms with Gasteiger partial charge in [-0.1, -0.05) is 73.8 Å². The maximum Gasteiger partial charge on any atom is 0.330 e. The minimum absolute atomic E-state index is 0.136. The summed E-state index contributed by atoms with van der Waals surface area (Å²) in [7, 11) is 0. The molecule has 0 saturated heterocycles. The zero-order valence-electron chi connectivity index (χ0n) is 33.8. The Labute approximate surface area is 367 Å². The highest BCUT2D eigenvalue weighted by Gasteiger charge is 2.46. The fourth-order valence-electron chi connectivity index (χ4n) is 7.52. The number of carbonyl (C=O) groups is 2. The van der Waals surface area contributed by atoms with E-state index in [1.807, 2.05) is 74.5 Å². The number of aliphatic imine (C=N–C) groups is 2. The monoisotopic (exact) mass is 844 g/mol. The van der Waals surface area contributed by atoms with E-state index in [-0.39, 0.29) is 26.4 Å². The van der Waals surface area contributed by atoms with Crippen LogP contribution in [0, 0.1) is 0 Å². The smallest absolute Gasteiger partial charge is 0.330 e. The van der Waals surface area contributed by atoms with Crippen molar-refractivity contribution in [1.82, 2.24) is 0 Å². The largest absolute Gasteiger partial charge is 0.490 e. The molecule has 8 nitrogen and oxygen atoms in total. The minimum Gasteiger partial charge on any atom is -0.490 e. The van der Waals surface area contributed by atoms with Gasteiger partial charge in [0, 0.05) is 33.4 Å². The van der Waals surface area contributed by atoms with Gasteiger partial charge in [0.25, 0.3) is 0 Å². The van der Waals surface area contributed by atoms with Crippen molar-refractivity contribution in [2.75, 3.05) is 26.4 Å². The number of carbonyl (C=O) groups excluding carboxylic acids is 2. The number of thiol groups is 2. The number of fused-ring (bicyclic) bond motifs is 3. The second-order valence-electron chi connectivity index (χ2n) is 14.1. The quantitative estimate of drug-likeness (QED) is 0.0331. The van der Waals surface area contributed by atoms with Gasteiger partial charge in [0.15, 0.2) is 0 Å². The van der Waals surface area contributed by atoms with Gasteiger partial charge < -0.3 is 18.9 Å². The molecule has 1 aliphatic carbocycles. The van der Waals surface area contributed by atoms with E-state index < -0.39 is 17.4 Å². The lowest BCUT2D eigenvalue weighted by molar-refractivity contribution is -0.139. The van der Waals surface area contributed by atoms with Gasteiger partial charge in [0.05, 0.1) is 16.8 Å². The van der Waals surface area contributed by atoms with Crippen LogP contribution in [0.25, 0.3) is 11.1 Å². The number of rotatable bonds is 16. The van der Waals surface area contributed by atoms with Crippen LogP contribution in [0.3, 0.4) is 0 Å². The van der Waals surface area contributed by atoms with Gasteiger partial charge in [-0.2, -0.15) is 0 Å². The van der Waals surface area contributed by atoms with E-state index in [1.165, 1.54) is 22.3 Å². The molecular weight excluding hydrogens is 801 g/mol. The summed E-state index contributed by atoms with van der Waals surface area (Å²) in [6.45, 7) is 11.5. The minimum atomic E-state index is -0.684. The van der Waals surface area contributed by atoms with Gasteiger partial charge >= 0.3 is 11.9 Å². The fourth-order valence-corrected chi connectivity index (χ4v) is 8.05. The highest BCUT2D eigenvalue weighted by atomic mass is 32.1. The molecule has 0 amide bonds. The van der Waals surface area contributed by atoms with Gasteiger partial charge in [-0.15, -0.1) is 25.3 Å². The molecule has 0 heterocycles. The maximum absolute atomic E-state index is 11.3. The summed E-state index contributed by atoms with van der Waals surface area (Å²) < 4.78 is 21.4. The van der Waals surface area contributed by atoms with Crippen LogP contribution in [-0.2, 0) is 24.5 Å². The summed E-state index contributed by atoms with van der Waals surface area (Å²) in [4.78, 5) is 34.1. The average molecular weight is 845 g/mol. The zero-order chi connectivity index (χ0) is 42.9. The van der Waals surface area contributed by atoms with Gasteiger partial charge in [0.1, 0.15) is 37.9 Å². The summed E-state index contributed by atoms with van der Waals surface area (Å²) in [6, 6.07) is 45.0. The van der Waals surface area contributed by atoms with Gasteiger partial charge in [-0.25, -0.2) is 9.59 Å². The van der Waals surface area contributed by atoms with Crippen molar-refractivity contribution in [1.29, 1.82) is 0 Å². The molecule has 0 aromatic heterocycles. The van der Waals surface area contributed by atoms with E-state index in [9.17, 15) is 9.59 Å². The van der Waals surface area contributed by atoms with E-state index >= 15 is 0 Å². The summed E-state index contributed by atoms with van der Waals surface area (Å²) in [6.07, 6.45) is 2.25. The summed E-state index contributed by atoms with van der Waals surface area (Å²) >= 11 is 10.1. The molecule has 306 valence electrons. The maximum atomic E-state index is 11.3. The van der Waals surface area contributed by atoms with Gasteiger partial charge in [-0.05, 0) is 131 Å². The van der Waals surface area contributed by atoms with Crippen LogP contribution in [0.1, 0.15) is 47.2 Å². The molecule has 1 aliphatic rings. The Bertz CT molecular complexity index is 2490. The van der Waals surface area contributed by atoms with Crippen molar-refractivity contribution < 1.29 is 28.5 Å². The molecule has 0 atom stereocenters. The van der Waals surface area contributed by atoms with Crippen LogP contribution in [0.15, 0.2) is 179 Å². The first kappa shape index (κ1) is 42.5. The molecule has 0 aliphatic heterocycles. The third-order valence-corrected chi connectivity index (χ3v) is 11.1.